The fourth-order valence-electron chi connectivity index (χ4n) is 3.86. The van der Waals surface area contributed by atoms with E-state index < -0.39 is 0 Å². The second kappa shape index (κ2) is 6.91. The van der Waals surface area contributed by atoms with Gasteiger partial charge in [0.25, 0.3) is 0 Å². The molecule has 1 aliphatic carbocycles. The van der Waals surface area contributed by atoms with Crippen LogP contribution in [0.15, 0.2) is 30.3 Å². The largest absolute Gasteiger partial charge is 0.396 e. The molecule has 1 aromatic rings. The zero-order chi connectivity index (χ0) is 14.5. The quantitative estimate of drug-likeness (QED) is 0.844. The van der Waals surface area contributed by atoms with Crippen molar-refractivity contribution < 1.29 is 5.11 Å². The molecule has 0 aromatic heterocycles. The van der Waals surface area contributed by atoms with Crippen molar-refractivity contribution in [2.75, 3.05) is 26.2 Å². The van der Waals surface area contributed by atoms with Gasteiger partial charge in [0, 0.05) is 44.2 Å². The summed E-state index contributed by atoms with van der Waals surface area (Å²) in [7, 11) is 0. The molecule has 21 heavy (non-hydrogen) atoms. The summed E-state index contributed by atoms with van der Waals surface area (Å²) in [5.74, 6) is 0. The number of hydrogen-bond donors (Lipinski definition) is 2. The predicted octanol–water partition coefficient (Wildman–Crippen LogP) is 2.40. The number of nitrogens with one attached hydrogen (secondary N) is 1. The number of rotatable bonds is 6. The number of nitrogens with zero attached hydrogens (tertiary/aromatic N) is 1. The van der Waals surface area contributed by atoms with E-state index in [-0.39, 0.29) is 5.41 Å². The third kappa shape index (κ3) is 3.85. The fourth-order valence-corrected chi connectivity index (χ4v) is 3.86. The molecule has 3 heteroatoms. The van der Waals surface area contributed by atoms with Gasteiger partial charge in [-0.15, -0.1) is 0 Å². The van der Waals surface area contributed by atoms with Crippen molar-refractivity contribution in [1.82, 2.24) is 10.2 Å². The lowest BCUT2D eigenvalue weighted by Crippen LogP contribution is -2.41. The summed E-state index contributed by atoms with van der Waals surface area (Å²) in [6, 6.07) is 11.3. The Morgan fingerprint density at radius 1 is 1.19 bits per heavy atom. The van der Waals surface area contributed by atoms with E-state index in [9.17, 15) is 5.11 Å². The Morgan fingerprint density at radius 2 is 1.95 bits per heavy atom. The summed E-state index contributed by atoms with van der Waals surface area (Å²) in [5.41, 5.74) is 1.58. The van der Waals surface area contributed by atoms with Crippen LogP contribution < -0.4 is 5.32 Å². The summed E-state index contributed by atoms with van der Waals surface area (Å²) >= 11 is 0. The average molecular weight is 288 g/mol. The smallest absolute Gasteiger partial charge is 0.0499 e. The third-order valence-electron chi connectivity index (χ3n) is 5.29. The van der Waals surface area contributed by atoms with Gasteiger partial charge in [-0.1, -0.05) is 43.2 Å². The molecule has 0 amide bonds. The molecule has 3 rings (SSSR count). The molecular weight excluding hydrogens is 260 g/mol. The van der Waals surface area contributed by atoms with Gasteiger partial charge in [-0.3, -0.25) is 4.90 Å². The van der Waals surface area contributed by atoms with Crippen molar-refractivity contribution in [1.29, 1.82) is 0 Å². The normalized spacial score (nSPS) is 25.5. The zero-order valence-electron chi connectivity index (χ0n) is 12.9. The lowest BCUT2D eigenvalue weighted by molar-refractivity contribution is 0.124. The van der Waals surface area contributed by atoms with Crippen molar-refractivity contribution >= 4 is 0 Å². The second-order valence-corrected chi connectivity index (χ2v) is 6.95. The maximum atomic E-state index is 9.69. The molecule has 1 heterocycles. The van der Waals surface area contributed by atoms with Gasteiger partial charge >= 0.3 is 0 Å². The number of aliphatic hydroxyl groups is 1. The Labute approximate surface area is 128 Å². The number of aliphatic hydroxyl groups excluding tert-OH is 1. The molecule has 1 aromatic carbocycles. The van der Waals surface area contributed by atoms with E-state index in [0.717, 1.165) is 19.6 Å². The summed E-state index contributed by atoms with van der Waals surface area (Å²) in [6.07, 6.45) is 6.18. The monoisotopic (exact) mass is 288 g/mol. The second-order valence-electron chi connectivity index (χ2n) is 6.95. The van der Waals surface area contributed by atoms with Crippen molar-refractivity contribution in [2.24, 2.45) is 5.41 Å². The van der Waals surface area contributed by atoms with Crippen LogP contribution in [-0.2, 0) is 6.54 Å². The van der Waals surface area contributed by atoms with E-state index in [2.05, 4.69) is 40.5 Å². The Morgan fingerprint density at radius 3 is 2.67 bits per heavy atom. The Bertz CT molecular complexity index is 428. The van der Waals surface area contributed by atoms with E-state index in [4.69, 9.17) is 0 Å². The fraction of sp³-hybridized carbons (Fsp3) is 0.667. The molecule has 1 saturated heterocycles. The Hall–Kier alpha value is -0.900. The zero-order valence-corrected chi connectivity index (χ0v) is 12.9. The molecule has 0 bridgehead atoms. The lowest BCUT2D eigenvalue weighted by Gasteiger charge is -2.28. The van der Waals surface area contributed by atoms with Crippen LogP contribution in [0, 0.1) is 5.41 Å². The molecule has 2 N–H and O–H groups in total. The van der Waals surface area contributed by atoms with Crippen LogP contribution in [0.3, 0.4) is 0 Å². The Kier molecular flexibility index (Phi) is 4.94. The van der Waals surface area contributed by atoms with Crippen LogP contribution in [0.25, 0.3) is 0 Å². The first-order valence-corrected chi connectivity index (χ1v) is 8.40. The van der Waals surface area contributed by atoms with Gasteiger partial charge in [-0.05, 0) is 24.8 Å². The highest BCUT2D eigenvalue weighted by Gasteiger charge is 2.34. The standard InChI is InChI=1S/C18H28N2O/c21-15-18(9-4-5-10-18)14-19-17-8-11-20(13-17)12-16-6-2-1-3-7-16/h1-3,6-7,17,19,21H,4-5,8-15H2/t17-/m1/s1. The van der Waals surface area contributed by atoms with Gasteiger partial charge in [0.2, 0.25) is 0 Å². The van der Waals surface area contributed by atoms with E-state index in [0.29, 0.717) is 12.6 Å². The molecule has 2 aliphatic rings. The molecule has 116 valence electrons. The molecule has 2 fully saturated rings. The molecule has 0 spiro atoms. The minimum Gasteiger partial charge on any atom is -0.396 e. The van der Waals surface area contributed by atoms with Crippen molar-refractivity contribution in [3.8, 4) is 0 Å². The van der Waals surface area contributed by atoms with Crippen LogP contribution in [0.2, 0.25) is 0 Å². The van der Waals surface area contributed by atoms with E-state index >= 15 is 0 Å². The molecule has 0 radical (unpaired) electrons. The van der Waals surface area contributed by atoms with Crippen molar-refractivity contribution in [2.45, 2.75) is 44.7 Å². The van der Waals surface area contributed by atoms with Gasteiger partial charge in [0.05, 0.1) is 0 Å². The summed E-state index contributed by atoms with van der Waals surface area (Å²) in [5, 5.41) is 13.4. The molecule has 1 aliphatic heterocycles. The summed E-state index contributed by atoms with van der Waals surface area (Å²) in [4.78, 5) is 2.53. The minimum atomic E-state index is 0.173. The first-order chi connectivity index (χ1) is 10.3. The van der Waals surface area contributed by atoms with Crippen LogP contribution in [0.1, 0.15) is 37.7 Å². The van der Waals surface area contributed by atoms with Crippen LogP contribution in [0.5, 0.6) is 0 Å². The number of benzene rings is 1. The third-order valence-corrected chi connectivity index (χ3v) is 5.29. The van der Waals surface area contributed by atoms with E-state index in [1.807, 2.05) is 0 Å². The van der Waals surface area contributed by atoms with Gasteiger partial charge in [0.15, 0.2) is 0 Å². The van der Waals surface area contributed by atoms with E-state index in [1.165, 1.54) is 44.2 Å². The number of hydrogen-bond acceptors (Lipinski definition) is 3. The highest BCUT2D eigenvalue weighted by atomic mass is 16.3. The highest BCUT2D eigenvalue weighted by Crippen LogP contribution is 2.37. The van der Waals surface area contributed by atoms with Gasteiger partial charge in [-0.2, -0.15) is 0 Å². The molecule has 3 nitrogen and oxygen atoms in total. The van der Waals surface area contributed by atoms with Crippen LogP contribution in [0.4, 0.5) is 0 Å². The first kappa shape index (κ1) is 15.0. The van der Waals surface area contributed by atoms with Crippen LogP contribution >= 0.6 is 0 Å². The minimum absolute atomic E-state index is 0.173. The molecular formula is C18H28N2O. The first-order valence-electron chi connectivity index (χ1n) is 8.40. The maximum absolute atomic E-state index is 9.69. The van der Waals surface area contributed by atoms with Gasteiger partial charge in [-0.25, -0.2) is 0 Å². The molecule has 1 saturated carbocycles. The van der Waals surface area contributed by atoms with Crippen LogP contribution in [-0.4, -0.2) is 42.3 Å². The van der Waals surface area contributed by atoms with Gasteiger partial charge in [0.1, 0.15) is 0 Å². The lowest BCUT2D eigenvalue weighted by atomic mass is 9.87. The molecule has 0 unspecified atom stereocenters. The highest BCUT2D eigenvalue weighted by molar-refractivity contribution is 5.14. The number of likely N-dealkylation sites (tertiary alicyclic amines) is 1. The topological polar surface area (TPSA) is 35.5 Å². The van der Waals surface area contributed by atoms with Crippen molar-refractivity contribution in [3.63, 3.8) is 0 Å². The Balaban J connectivity index is 1.44. The summed E-state index contributed by atoms with van der Waals surface area (Å²) < 4.78 is 0. The SMILES string of the molecule is OCC1(CN[C@@H]2CCN(Cc3ccccc3)C2)CCCC1. The predicted molar refractivity (Wildman–Crippen MR) is 86.1 cm³/mol. The average Bonchev–Trinajstić information content (AvgIpc) is 3.16. The summed E-state index contributed by atoms with van der Waals surface area (Å²) in [6.45, 7) is 4.72. The van der Waals surface area contributed by atoms with E-state index in [1.54, 1.807) is 0 Å². The van der Waals surface area contributed by atoms with Gasteiger partial charge < -0.3 is 10.4 Å². The van der Waals surface area contributed by atoms with Crippen molar-refractivity contribution in [3.05, 3.63) is 35.9 Å². The maximum Gasteiger partial charge on any atom is 0.0499 e. The molecule has 1 atom stereocenters.